The minimum absolute atomic E-state index is 0.0983. The van der Waals surface area contributed by atoms with Gasteiger partial charge >= 0.3 is 5.97 Å². The van der Waals surface area contributed by atoms with Gasteiger partial charge in [-0.1, -0.05) is 6.07 Å². The van der Waals surface area contributed by atoms with Gasteiger partial charge in [-0.3, -0.25) is 0 Å². The van der Waals surface area contributed by atoms with Gasteiger partial charge in [0.2, 0.25) is 0 Å². The van der Waals surface area contributed by atoms with Crippen molar-refractivity contribution >= 4 is 11.8 Å². The van der Waals surface area contributed by atoms with Gasteiger partial charge in [0.1, 0.15) is 5.82 Å². The van der Waals surface area contributed by atoms with E-state index in [1.54, 1.807) is 6.07 Å². The van der Waals surface area contributed by atoms with E-state index >= 15 is 0 Å². The van der Waals surface area contributed by atoms with Crippen molar-refractivity contribution in [1.29, 1.82) is 0 Å². The molecule has 5 nitrogen and oxygen atoms in total. The third kappa shape index (κ3) is 1.44. The fourth-order valence-corrected chi connectivity index (χ4v) is 2.38. The Balaban J connectivity index is 1.89. The largest absolute Gasteiger partial charge is 0.477 e. The number of rotatable bonds is 2. The number of pyridine rings is 1. The number of morpholine rings is 1. The standard InChI is InChI=1S/C11H12N2O3/c14-11(15)9-2-1-3-10(12-9)13-5-8-4-7(13)6-16-8/h1-3,7-8H,4-6H2,(H,14,15)/t7-,8-/m0/s1. The van der Waals surface area contributed by atoms with Crippen molar-refractivity contribution in [1.82, 2.24) is 4.98 Å². The number of nitrogens with zero attached hydrogens (tertiary/aromatic N) is 2. The fourth-order valence-electron chi connectivity index (χ4n) is 2.38. The van der Waals surface area contributed by atoms with E-state index < -0.39 is 5.97 Å². The lowest BCUT2D eigenvalue weighted by molar-refractivity contribution is 0.0690. The number of carboxylic acids is 1. The molecule has 1 aromatic heterocycles. The van der Waals surface area contributed by atoms with Crippen LogP contribution in [0.3, 0.4) is 0 Å². The number of fused-ring (bicyclic) bond motifs is 2. The predicted octanol–water partition coefficient (Wildman–Crippen LogP) is 0.757. The molecule has 3 heterocycles. The molecule has 0 spiro atoms. The Morgan fingerprint density at radius 1 is 1.56 bits per heavy atom. The Morgan fingerprint density at radius 2 is 2.44 bits per heavy atom. The summed E-state index contributed by atoms with van der Waals surface area (Å²) >= 11 is 0. The maximum absolute atomic E-state index is 10.8. The van der Waals surface area contributed by atoms with Crippen LogP contribution in [0.2, 0.25) is 0 Å². The van der Waals surface area contributed by atoms with Gasteiger partial charge in [-0.2, -0.15) is 0 Å². The number of carbonyl (C=O) groups is 1. The van der Waals surface area contributed by atoms with Crippen LogP contribution in [-0.2, 0) is 4.74 Å². The first-order chi connectivity index (χ1) is 7.74. The minimum atomic E-state index is -0.984. The molecule has 2 saturated heterocycles. The number of aromatic nitrogens is 1. The highest BCUT2D eigenvalue weighted by Gasteiger charge is 2.39. The zero-order valence-electron chi connectivity index (χ0n) is 8.67. The molecular weight excluding hydrogens is 208 g/mol. The van der Waals surface area contributed by atoms with Gasteiger partial charge in [0.15, 0.2) is 5.69 Å². The Kier molecular flexibility index (Phi) is 2.07. The molecule has 2 aliphatic heterocycles. The van der Waals surface area contributed by atoms with Crippen LogP contribution in [0.1, 0.15) is 16.9 Å². The second-order valence-corrected chi connectivity index (χ2v) is 4.18. The van der Waals surface area contributed by atoms with Crippen LogP contribution in [0.15, 0.2) is 18.2 Å². The summed E-state index contributed by atoms with van der Waals surface area (Å²) in [6, 6.07) is 5.46. The van der Waals surface area contributed by atoms with E-state index in [9.17, 15) is 4.79 Å². The highest BCUT2D eigenvalue weighted by atomic mass is 16.5. The summed E-state index contributed by atoms with van der Waals surface area (Å²) in [5, 5.41) is 8.88. The Labute approximate surface area is 92.7 Å². The van der Waals surface area contributed by atoms with Gasteiger partial charge in [0.05, 0.1) is 18.8 Å². The molecule has 2 atom stereocenters. The van der Waals surface area contributed by atoms with E-state index in [0.29, 0.717) is 12.1 Å². The first kappa shape index (κ1) is 9.59. The van der Waals surface area contributed by atoms with Crippen LogP contribution in [0.5, 0.6) is 0 Å². The molecule has 1 N–H and O–H groups in total. The third-order valence-corrected chi connectivity index (χ3v) is 3.15. The number of aromatic carboxylic acids is 1. The molecule has 2 fully saturated rings. The lowest BCUT2D eigenvalue weighted by atomic mass is 10.2. The van der Waals surface area contributed by atoms with E-state index in [1.165, 1.54) is 6.07 Å². The van der Waals surface area contributed by atoms with Gasteiger partial charge < -0.3 is 14.7 Å². The first-order valence-corrected chi connectivity index (χ1v) is 5.32. The molecule has 0 amide bonds. The summed E-state index contributed by atoms with van der Waals surface area (Å²) in [6.45, 7) is 1.55. The van der Waals surface area contributed by atoms with Crippen LogP contribution in [0.25, 0.3) is 0 Å². The molecular formula is C11H12N2O3. The Bertz CT molecular complexity index is 435. The summed E-state index contributed by atoms with van der Waals surface area (Å²) in [7, 11) is 0. The van der Waals surface area contributed by atoms with Crippen molar-refractivity contribution < 1.29 is 14.6 Å². The van der Waals surface area contributed by atoms with Crippen molar-refractivity contribution in [3.8, 4) is 0 Å². The van der Waals surface area contributed by atoms with Crippen molar-refractivity contribution in [2.24, 2.45) is 0 Å². The molecule has 16 heavy (non-hydrogen) atoms. The summed E-state index contributed by atoms with van der Waals surface area (Å²) in [5.74, 6) is -0.238. The molecule has 5 heteroatoms. The number of anilines is 1. The van der Waals surface area contributed by atoms with E-state index in [2.05, 4.69) is 9.88 Å². The van der Waals surface area contributed by atoms with E-state index in [1.807, 2.05) is 6.07 Å². The van der Waals surface area contributed by atoms with E-state index in [0.717, 1.165) is 25.4 Å². The lowest BCUT2D eigenvalue weighted by Crippen LogP contribution is -2.37. The second kappa shape index (κ2) is 3.45. The molecule has 0 aliphatic carbocycles. The molecule has 0 saturated carbocycles. The van der Waals surface area contributed by atoms with Gasteiger partial charge in [-0.05, 0) is 18.6 Å². The van der Waals surface area contributed by atoms with Crippen LogP contribution in [0, 0.1) is 0 Å². The molecule has 2 aliphatic rings. The molecule has 0 aromatic carbocycles. The lowest BCUT2D eigenvalue weighted by Gasteiger charge is -2.27. The third-order valence-electron chi connectivity index (χ3n) is 3.15. The zero-order valence-corrected chi connectivity index (χ0v) is 8.67. The fraction of sp³-hybridized carbons (Fsp3) is 0.455. The van der Waals surface area contributed by atoms with Crippen LogP contribution >= 0.6 is 0 Å². The maximum Gasteiger partial charge on any atom is 0.354 e. The average Bonchev–Trinajstić information content (AvgIpc) is 2.91. The molecule has 1 aromatic rings. The van der Waals surface area contributed by atoms with Gasteiger partial charge in [0.25, 0.3) is 0 Å². The number of hydrogen-bond donors (Lipinski definition) is 1. The molecule has 0 radical (unpaired) electrons. The number of carboxylic acid groups (broad SMARTS) is 1. The van der Waals surface area contributed by atoms with Crippen LogP contribution < -0.4 is 4.90 Å². The van der Waals surface area contributed by atoms with E-state index in [-0.39, 0.29) is 5.69 Å². The molecule has 0 unspecified atom stereocenters. The van der Waals surface area contributed by atoms with Crippen molar-refractivity contribution in [2.75, 3.05) is 18.1 Å². The second-order valence-electron chi connectivity index (χ2n) is 4.18. The van der Waals surface area contributed by atoms with Gasteiger partial charge in [-0.25, -0.2) is 9.78 Å². The Hall–Kier alpha value is -1.62. The smallest absolute Gasteiger partial charge is 0.354 e. The predicted molar refractivity (Wildman–Crippen MR) is 56.7 cm³/mol. The quantitative estimate of drug-likeness (QED) is 0.797. The van der Waals surface area contributed by atoms with Crippen molar-refractivity contribution in [2.45, 2.75) is 18.6 Å². The topological polar surface area (TPSA) is 62.7 Å². The summed E-state index contributed by atoms with van der Waals surface area (Å²) < 4.78 is 5.50. The number of ether oxygens (including phenoxy) is 1. The normalized spacial score (nSPS) is 27.4. The first-order valence-electron chi connectivity index (χ1n) is 5.32. The minimum Gasteiger partial charge on any atom is -0.477 e. The monoisotopic (exact) mass is 220 g/mol. The van der Waals surface area contributed by atoms with E-state index in [4.69, 9.17) is 9.84 Å². The summed E-state index contributed by atoms with van der Waals surface area (Å²) in [5.41, 5.74) is 0.0983. The van der Waals surface area contributed by atoms with Gasteiger partial charge in [-0.15, -0.1) is 0 Å². The molecule has 84 valence electrons. The number of hydrogen-bond acceptors (Lipinski definition) is 4. The summed E-state index contributed by atoms with van der Waals surface area (Å²) in [6.07, 6.45) is 1.32. The molecule has 2 bridgehead atoms. The maximum atomic E-state index is 10.8. The SMILES string of the molecule is O=C(O)c1cccc(N2C[C@@H]3C[C@H]2CO3)n1. The summed E-state index contributed by atoms with van der Waals surface area (Å²) in [4.78, 5) is 17.1. The van der Waals surface area contributed by atoms with Crippen LogP contribution in [-0.4, -0.2) is 41.4 Å². The highest BCUT2D eigenvalue weighted by molar-refractivity contribution is 5.85. The average molecular weight is 220 g/mol. The van der Waals surface area contributed by atoms with Crippen molar-refractivity contribution in [3.63, 3.8) is 0 Å². The van der Waals surface area contributed by atoms with Gasteiger partial charge in [0, 0.05) is 6.54 Å². The zero-order chi connectivity index (χ0) is 11.1. The Morgan fingerprint density at radius 3 is 3.06 bits per heavy atom. The van der Waals surface area contributed by atoms with Crippen molar-refractivity contribution in [3.05, 3.63) is 23.9 Å². The molecule has 3 rings (SSSR count). The highest BCUT2D eigenvalue weighted by Crippen LogP contribution is 2.31. The van der Waals surface area contributed by atoms with Crippen LogP contribution in [0.4, 0.5) is 5.82 Å².